The molecule has 218 valence electrons. The molecule has 0 radical (unpaired) electrons. The highest BCUT2D eigenvalue weighted by Gasteiger charge is 2.59. The third-order valence-electron chi connectivity index (χ3n) is 11.8. The monoisotopic (exact) mass is 530 g/mol. The Morgan fingerprint density at radius 1 is 0.974 bits per heavy atom. The molecule has 4 rings (SSSR count). The SMILES string of the molecule is CC(=O)O[C@H]1CC[C@@]2(C)C(=CC[C@H]3[C@@H]4CC[C@H](C(CCCC(C)(C)O)CCCC(C)(C)O)[C@@]4(C)CC[C@@H]32)C1. The summed E-state index contributed by atoms with van der Waals surface area (Å²) in [5.74, 6) is 3.66. The molecule has 0 unspecified atom stereocenters. The van der Waals surface area contributed by atoms with Gasteiger partial charge in [0.05, 0.1) is 11.2 Å². The van der Waals surface area contributed by atoms with Crippen molar-refractivity contribution >= 4 is 5.97 Å². The lowest BCUT2D eigenvalue weighted by Crippen LogP contribution is -2.51. The second kappa shape index (κ2) is 11.2. The Morgan fingerprint density at radius 3 is 2.18 bits per heavy atom. The van der Waals surface area contributed by atoms with Gasteiger partial charge in [-0.2, -0.15) is 0 Å². The van der Waals surface area contributed by atoms with Crippen LogP contribution in [-0.4, -0.2) is 33.5 Å². The van der Waals surface area contributed by atoms with Gasteiger partial charge in [0, 0.05) is 13.3 Å². The number of hydrogen-bond acceptors (Lipinski definition) is 4. The van der Waals surface area contributed by atoms with Crippen molar-refractivity contribution in [2.75, 3.05) is 0 Å². The van der Waals surface area contributed by atoms with Gasteiger partial charge in [0.2, 0.25) is 0 Å². The summed E-state index contributed by atoms with van der Waals surface area (Å²) in [5, 5.41) is 20.7. The van der Waals surface area contributed by atoms with E-state index in [9.17, 15) is 15.0 Å². The number of hydrogen-bond donors (Lipinski definition) is 2. The van der Waals surface area contributed by atoms with Gasteiger partial charge in [-0.1, -0.05) is 51.2 Å². The molecule has 0 spiro atoms. The maximum atomic E-state index is 11.6. The summed E-state index contributed by atoms with van der Waals surface area (Å²) in [6, 6.07) is 0. The van der Waals surface area contributed by atoms with Crippen LogP contribution in [0.4, 0.5) is 0 Å². The highest BCUT2D eigenvalue weighted by Crippen LogP contribution is 2.67. The summed E-state index contributed by atoms with van der Waals surface area (Å²) in [7, 11) is 0. The number of carbonyl (C=O) groups excluding carboxylic acids is 1. The third-order valence-corrected chi connectivity index (χ3v) is 11.8. The van der Waals surface area contributed by atoms with E-state index in [2.05, 4.69) is 19.9 Å². The molecular weight excluding hydrogens is 472 g/mol. The molecule has 4 aliphatic rings. The predicted octanol–water partition coefficient (Wildman–Crippen LogP) is 8.00. The van der Waals surface area contributed by atoms with Gasteiger partial charge in [0.15, 0.2) is 0 Å². The molecule has 4 heteroatoms. The zero-order valence-corrected chi connectivity index (χ0v) is 25.7. The summed E-state index contributed by atoms with van der Waals surface area (Å²) >= 11 is 0. The van der Waals surface area contributed by atoms with E-state index < -0.39 is 11.2 Å². The highest BCUT2D eigenvalue weighted by molar-refractivity contribution is 5.66. The predicted molar refractivity (Wildman–Crippen MR) is 155 cm³/mol. The van der Waals surface area contributed by atoms with Crippen LogP contribution in [-0.2, 0) is 9.53 Å². The minimum absolute atomic E-state index is 0.0710. The number of aliphatic hydroxyl groups is 2. The van der Waals surface area contributed by atoms with Crippen molar-refractivity contribution in [1.82, 2.24) is 0 Å². The molecule has 0 aromatic rings. The van der Waals surface area contributed by atoms with Crippen molar-refractivity contribution < 1.29 is 19.7 Å². The third kappa shape index (κ3) is 6.54. The van der Waals surface area contributed by atoms with Crippen LogP contribution in [0, 0.1) is 40.4 Å². The largest absolute Gasteiger partial charge is 0.462 e. The zero-order chi connectivity index (χ0) is 27.9. The molecule has 0 aliphatic heterocycles. The second-order valence-corrected chi connectivity index (χ2v) is 15.6. The standard InChI is InChI=1S/C34H58O4/c1-23(35)38-26-16-20-33(6)25(22-26)12-13-27-29-15-14-28(34(29,7)21-17-30(27)33)24(10-8-18-31(2,3)36)11-9-19-32(4,5)37/h12,24,26-30,36-37H,8-11,13-22H2,1-7H3/t26-,27-,28+,29-,30-,33-,34+/m0/s1. The van der Waals surface area contributed by atoms with Gasteiger partial charge < -0.3 is 14.9 Å². The highest BCUT2D eigenvalue weighted by atomic mass is 16.5. The van der Waals surface area contributed by atoms with Crippen molar-refractivity contribution in [3.63, 3.8) is 0 Å². The minimum atomic E-state index is -0.589. The molecule has 3 fully saturated rings. The number of fused-ring (bicyclic) bond motifs is 5. The quantitative estimate of drug-likeness (QED) is 0.222. The Morgan fingerprint density at radius 2 is 1.61 bits per heavy atom. The molecule has 38 heavy (non-hydrogen) atoms. The molecule has 4 aliphatic carbocycles. The fraction of sp³-hybridized carbons (Fsp3) is 0.912. The lowest BCUT2D eigenvalue weighted by molar-refractivity contribution is -0.148. The van der Waals surface area contributed by atoms with Crippen LogP contribution < -0.4 is 0 Å². The van der Waals surface area contributed by atoms with Gasteiger partial charge in [-0.15, -0.1) is 0 Å². The minimum Gasteiger partial charge on any atom is -0.462 e. The number of allylic oxidation sites excluding steroid dienone is 1. The van der Waals surface area contributed by atoms with Crippen LogP contribution in [0.1, 0.15) is 138 Å². The molecule has 2 N–H and O–H groups in total. The van der Waals surface area contributed by atoms with Crippen LogP contribution in [0.2, 0.25) is 0 Å². The van der Waals surface area contributed by atoms with Crippen molar-refractivity contribution in [2.45, 2.75) is 156 Å². The zero-order valence-electron chi connectivity index (χ0n) is 25.7. The molecule has 0 bridgehead atoms. The van der Waals surface area contributed by atoms with E-state index in [-0.39, 0.29) is 17.5 Å². The first-order valence-electron chi connectivity index (χ1n) is 15.9. The van der Waals surface area contributed by atoms with Crippen LogP contribution in [0.3, 0.4) is 0 Å². The van der Waals surface area contributed by atoms with E-state index in [0.29, 0.717) is 11.3 Å². The molecular formula is C34H58O4. The van der Waals surface area contributed by atoms with E-state index in [0.717, 1.165) is 68.6 Å². The van der Waals surface area contributed by atoms with Crippen LogP contribution in [0.25, 0.3) is 0 Å². The fourth-order valence-electron chi connectivity index (χ4n) is 9.92. The number of carbonyl (C=O) groups is 1. The maximum absolute atomic E-state index is 11.6. The van der Waals surface area contributed by atoms with E-state index in [4.69, 9.17) is 4.74 Å². The second-order valence-electron chi connectivity index (χ2n) is 15.6. The summed E-state index contributed by atoms with van der Waals surface area (Å²) in [4.78, 5) is 11.6. The van der Waals surface area contributed by atoms with E-state index in [1.807, 2.05) is 27.7 Å². The topological polar surface area (TPSA) is 66.8 Å². The van der Waals surface area contributed by atoms with Gasteiger partial charge in [0.1, 0.15) is 6.10 Å². The first-order chi connectivity index (χ1) is 17.6. The number of rotatable bonds is 10. The van der Waals surface area contributed by atoms with Gasteiger partial charge in [-0.05, 0) is 126 Å². The first kappa shape index (κ1) is 30.1. The summed E-state index contributed by atoms with van der Waals surface area (Å²) in [6.45, 7) is 14.5. The van der Waals surface area contributed by atoms with Crippen molar-refractivity contribution in [3.8, 4) is 0 Å². The molecule has 0 amide bonds. The maximum Gasteiger partial charge on any atom is 0.302 e. The van der Waals surface area contributed by atoms with Crippen LogP contribution in [0.5, 0.6) is 0 Å². The van der Waals surface area contributed by atoms with E-state index in [1.54, 1.807) is 12.5 Å². The average Bonchev–Trinajstić information content (AvgIpc) is 3.13. The van der Waals surface area contributed by atoms with Crippen molar-refractivity contribution in [2.24, 2.45) is 40.4 Å². The lowest BCUT2D eigenvalue weighted by Gasteiger charge is -2.58. The van der Waals surface area contributed by atoms with Crippen molar-refractivity contribution in [3.05, 3.63) is 11.6 Å². The van der Waals surface area contributed by atoms with E-state index >= 15 is 0 Å². The summed E-state index contributed by atoms with van der Waals surface area (Å²) < 4.78 is 5.64. The smallest absolute Gasteiger partial charge is 0.302 e. The summed E-state index contributed by atoms with van der Waals surface area (Å²) in [5.41, 5.74) is 1.08. The Kier molecular flexibility index (Phi) is 8.86. The average molecular weight is 531 g/mol. The van der Waals surface area contributed by atoms with Gasteiger partial charge in [-0.3, -0.25) is 4.79 Å². The molecule has 0 heterocycles. The number of esters is 1. The van der Waals surface area contributed by atoms with E-state index in [1.165, 1.54) is 44.9 Å². The Bertz CT molecular complexity index is 843. The van der Waals surface area contributed by atoms with Gasteiger partial charge in [-0.25, -0.2) is 0 Å². The molecule has 0 aromatic carbocycles. The van der Waals surface area contributed by atoms with Gasteiger partial charge >= 0.3 is 5.97 Å². The lowest BCUT2D eigenvalue weighted by atomic mass is 9.47. The van der Waals surface area contributed by atoms with Crippen LogP contribution in [0.15, 0.2) is 11.6 Å². The molecule has 3 saturated carbocycles. The summed E-state index contributed by atoms with van der Waals surface area (Å²) in [6.07, 6.45) is 18.7. The van der Waals surface area contributed by atoms with Gasteiger partial charge in [0.25, 0.3) is 0 Å². The molecule has 7 atom stereocenters. The first-order valence-corrected chi connectivity index (χ1v) is 15.9. The molecule has 4 nitrogen and oxygen atoms in total. The normalized spacial score (nSPS) is 37.3. The Balaban J connectivity index is 1.49. The molecule has 0 aromatic heterocycles. The Labute approximate surface area is 233 Å². The number of ether oxygens (including phenoxy) is 1. The Hall–Kier alpha value is -0.870. The fourth-order valence-corrected chi connectivity index (χ4v) is 9.92. The molecule has 0 saturated heterocycles. The van der Waals surface area contributed by atoms with Crippen molar-refractivity contribution in [1.29, 1.82) is 0 Å². The van der Waals surface area contributed by atoms with Crippen LogP contribution >= 0.6 is 0 Å².